The molecule has 1 aliphatic carbocycles. The minimum Gasteiger partial charge on any atom is -0.506 e. The van der Waals surface area contributed by atoms with Crippen molar-refractivity contribution in [1.82, 2.24) is 4.90 Å². The van der Waals surface area contributed by atoms with E-state index in [4.69, 9.17) is 0 Å². The first-order valence-electron chi connectivity index (χ1n) is 8.17. The average molecular weight is 290 g/mol. The van der Waals surface area contributed by atoms with Crippen LogP contribution in [0, 0.1) is 5.92 Å². The molecule has 1 heterocycles. The molecule has 0 unspecified atom stereocenters. The molecular weight excluding hydrogens is 264 g/mol. The van der Waals surface area contributed by atoms with Gasteiger partial charge >= 0.3 is 0 Å². The number of aliphatic hydroxyl groups is 1. The molecule has 0 amide bonds. The number of piperazine rings is 1. The average Bonchev–Trinajstić information content (AvgIpc) is 2.51. The number of phenols is 1. The fourth-order valence-corrected chi connectivity index (χ4v) is 3.64. The molecule has 1 saturated carbocycles. The summed E-state index contributed by atoms with van der Waals surface area (Å²) in [7, 11) is 0. The van der Waals surface area contributed by atoms with Gasteiger partial charge in [-0.25, -0.2) is 0 Å². The van der Waals surface area contributed by atoms with Crippen molar-refractivity contribution < 1.29 is 10.2 Å². The highest BCUT2D eigenvalue weighted by Crippen LogP contribution is 2.28. The minimum absolute atomic E-state index is 0.102. The summed E-state index contributed by atoms with van der Waals surface area (Å²) in [6.45, 7) is 4.94. The van der Waals surface area contributed by atoms with Gasteiger partial charge in [0.25, 0.3) is 0 Å². The summed E-state index contributed by atoms with van der Waals surface area (Å²) in [4.78, 5) is 4.72. The second kappa shape index (κ2) is 6.67. The van der Waals surface area contributed by atoms with Gasteiger partial charge < -0.3 is 15.1 Å². The fraction of sp³-hybridized carbons (Fsp3) is 0.647. The number of aliphatic hydroxyl groups excluding tert-OH is 1. The van der Waals surface area contributed by atoms with E-state index in [1.165, 1.54) is 19.3 Å². The van der Waals surface area contributed by atoms with E-state index >= 15 is 0 Å². The van der Waals surface area contributed by atoms with E-state index in [-0.39, 0.29) is 6.10 Å². The lowest BCUT2D eigenvalue weighted by atomic mass is 9.86. The monoisotopic (exact) mass is 290 g/mol. The molecule has 3 rings (SSSR count). The molecule has 2 fully saturated rings. The van der Waals surface area contributed by atoms with Crippen LogP contribution in [0.25, 0.3) is 0 Å². The zero-order chi connectivity index (χ0) is 14.7. The molecule has 21 heavy (non-hydrogen) atoms. The lowest BCUT2D eigenvalue weighted by Crippen LogP contribution is -2.49. The van der Waals surface area contributed by atoms with Crippen LogP contribution in [0.1, 0.15) is 25.7 Å². The highest BCUT2D eigenvalue weighted by atomic mass is 16.3. The largest absolute Gasteiger partial charge is 0.506 e. The van der Waals surface area contributed by atoms with Crippen molar-refractivity contribution in [2.45, 2.75) is 31.8 Å². The summed E-state index contributed by atoms with van der Waals surface area (Å²) in [6.07, 6.45) is 4.48. The summed E-state index contributed by atoms with van der Waals surface area (Å²) in [6, 6.07) is 7.56. The Labute approximate surface area is 127 Å². The third-order valence-electron chi connectivity index (χ3n) is 4.96. The molecular formula is C17H26N2O2. The van der Waals surface area contributed by atoms with Gasteiger partial charge in [-0.05, 0) is 30.9 Å². The maximum atomic E-state index is 10.1. The van der Waals surface area contributed by atoms with Crippen molar-refractivity contribution in [3.05, 3.63) is 24.3 Å². The van der Waals surface area contributed by atoms with Gasteiger partial charge in [0.05, 0.1) is 11.8 Å². The Morgan fingerprint density at radius 1 is 1.00 bits per heavy atom. The number of rotatable bonds is 3. The molecule has 0 spiro atoms. The Morgan fingerprint density at radius 3 is 2.43 bits per heavy atom. The Kier molecular flexibility index (Phi) is 4.66. The van der Waals surface area contributed by atoms with Gasteiger partial charge in [0, 0.05) is 32.7 Å². The van der Waals surface area contributed by atoms with Crippen LogP contribution in [0.3, 0.4) is 0 Å². The highest BCUT2D eigenvalue weighted by Gasteiger charge is 2.27. The Bertz CT molecular complexity index is 458. The first-order chi connectivity index (χ1) is 10.2. The zero-order valence-corrected chi connectivity index (χ0v) is 12.6. The third-order valence-corrected chi connectivity index (χ3v) is 4.96. The van der Waals surface area contributed by atoms with E-state index < -0.39 is 0 Å². The van der Waals surface area contributed by atoms with Crippen LogP contribution in [0.4, 0.5) is 5.69 Å². The molecule has 1 aliphatic heterocycles. The molecule has 1 aromatic rings. The van der Waals surface area contributed by atoms with Gasteiger partial charge in [-0.1, -0.05) is 25.0 Å². The van der Waals surface area contributed by atoms with Crippen molar-refractivity contribution >= 4 is 5.69 Å². The number of nitrogens with zero attached hydrogens (tertiary/aromatic N) is 2. The van der Waals surface area contributed by atoms with E-state index in [0.29, 0.717) is 11.7 Å². The number of benzene rings is 1. The van der Waals surface area contributed by atoms with E-state index in [1.54, 1.807) is 6.07 Å². The van der Waals surface area contributed by atoms with Gasteiger partial charge in [0.1, 0.15) is 5.75 Å². The maximum Gasteiger partial charge on any atom is 0.138 e. The maximum absolute atomic E-state index is 10.1. The summed E-state index contributed by atoms with van der Waals surface area (Å²) in [5.41, 5.74) is 0.940. The molecule has 2 atom stereocenters. The van der Waals surface area contributed by atoms with Gasteiger partial charge in [-0.15, -0.1) is 0 Å². The SMILES string of the molecule is Oc1ccccc1N1CCN(C[C@H]2CCCC[C@@H]2O)CC1. The van der Waals surface area contributed by atoms with Gasteiger partial charge in [0.2, 0.25) is 0 Å². The van der Waals surface area contributed by atoms with E-state index in [1.807, 2.05) is 18.2 Å². The summed E-state index contributed by atoms with van der Waals surface area (Å²) < 4.78 is 0. The molecule has 0 aromatic heterocycles. The Balaban J connectivity index is 1.52. The van der Waals surface area contributed by atoms with E-state index in [2.05, 4.69) is 9.80 Å². The van der Waals surface area contributed by atoms with Gasteiger partial charge in [-0.2, -0.15) is 0 Å². The minimum atomic E-state index is -0.102. The van der Waals surface area contributed by atoms with Crippen molar-refractivity contribution in [3.63, 3.8) is 0 Å². The lowest BCUT2D eigenvalue weighted by Gasteiger charge is -2.39. The van der Waals surface area contributed by atoms with E-state index in [9.17, 15) is 10.2 Å². The molecule has 0 bridgehead atoms. The molecule has 2 aliphatic rings. The zero-order valence-electron chi connectivity index (χ0n) is 12.6. The quantitative estimate of drug-likeness (QED) is 0.894. The summed E-state index contributed by atoms with van der Waals surface area (Å²) >= 11 is 0. The third kappa shape index (κ3) is 3.50. The first kappa shape index (κ1) is 14.7. The first-order valence-corrected chi connectivity index (χ1v) is 8.17. The van der Waals surface area contributed by atoms with Gasteiger partial charge in [-0.3, -0.25) is 4.90 Å². The fourth-order valence-electron chi connectivity index (χ4n) is 3.64. The molecule has 116 valence electrons. The standard InChI is InChI=1S/C17H26N2O2/c20-16-7-3-1-5-14(16)13-18-9-11-19(12-10-18)15-6-2-4-8-17(15)21/h2,4,6,8,14,16,20-21H,1,3,5,7,9-13H2/t14-,16+/m1/s1. The predicted octanol–water partition coefficient (Wildman–Crippen LogP) is 2.07. The van der Waals surface area contributed by atoms with Crippen LogP contribution >= 0.6 is 0 Å². The molecule has 1 saturated heterocycles. The Morgan fingerprint density at radius 2 is 1.71 bits per heavy atom. The molecule has 2 N–H and O–H groups in total. The number of phenolic OH excluding ortho intramolecular Hbond substituents is 1. The van der Waals surface area contributed by atoms with E-state index in [0.717, 1.165) is 44.8 Å². The number of aromatic hydroxyl groups is 1. The van der Waals surface area contributed by atoms with Crippen molar-refractivity contribution in [2.24, 2.45) is 5.92 Å². The number of para-hydroxylation sites is 2. The molecule has 1 aromatic carbocycles. The van der Waals surface area contributed by atoms with Crippen molar-refractivity contribution in [1.29, 1.82) is 0 Å². The molecule has 4 nitrogen and oxygen atoms in total. The second-order valence-corrected chi connectivity index (χ2v) is 6.39. The van der Waals surface area contributed by atoms with Crippen LogP contribution < -0.4 is 4.90 Å². The second-order valence-electron chi connectivity index (χ2n) is 6.39. The molecule has 0 radical (unpaired) electrons. The van der Waals surface area contributed by atoms with Crippen LogP contribution in [0.2, 0.25) is 0 Å². The number of anilines is 1. The molecule has 4 heteroatoms. The van der Waals surface area contributed by atoms with Crippen molar-refractivity contribution in [3.8, 4) is 5.75 Å². The van der Waals surface area contributed by atoms with Crippen LogP contribution in [-0.2, 0) is 0 Å². The predicted molar refractivity (Wildman–Crippen MR) is 84.7 cm³/mol. The summed E-state index contributed by atoms with van der Waals surface area (Å²) in [5.74, 6) is 0.823. The lowest BCUT2D eigenvalue weighted by molar-refractivity contribution is 0.0453. The summed E-state index contributed by atoms with van der Waals surface area (Å²) in [5, 5.41) is 20.0. The number of hydrogen-bond donors (Lipinski definition) is 2. The van der Waals surface area contributed by atoms with Crippen LogP contribution in [-0.4, -0.2) is 53.9 Å². The Hall–Kier alpha value is -1.26. The number of hydrogen-bond acceptors (Lipinski definition) is 4. The van der Waals surface area contributed by atoms with Gasteiger partial charge in [0.15, 0.2) is 0 Å². The smallest absolute Gasteiger partial charge is 0.138 e. The van der Waals surface area contributed by atoms with Crippen LogP contribution in [0.5, 0.6) is 5.75 Å². The topological polar surface area (TPSA) is 46.9 Å². The highest BCUT2D eigenvalue weighted by molar-refractivity contribution is 5.57. The van der Waals surface area contributed by atoms with Crippen molar-refractivity contribution in [2.75, 3.05) is 37.6 Å². The normalized spacial score (nSPS) is 27.8. The van der Waals surface area contributed by atoms with Crippen LogP contribution in [0.15, 0.2) is 24.3 Å².